The Morgan fingerprint density at radius 3 is 2.48 bits per heavy atom. The molecule has 2 aromatic rings. The van der Waals surface area contributed by atoms with Crippen molar-refractivity contribution in [2.24, 2.45) is 0 Å². The van der Waals surface area contributed by atoms with Crippen molar-refractivity contribution in [3.05, 3.63) is 53.6 Å². The maximum absolute atomic E-state index is 6.10. The molecule has 0 fully saturated rings. The van der Waals surface area contributed by atoms with Crippen LogP contribution in [0.2, 0.25) is 0 Å². The average Bonchev–Trinajstić information content (AvgIpc) is 2.53. The van der Waals surface area contributed by atoms with Gasteiger partial charge in [0.2, 0.25) is 0 Å². The largest absolute Gasteiger partial charge is 0.365 e. The van der Waals surface area contributed by atoms with E-state index in [0.717, 1.165) is 30.3 Å². The fourth-order valence-corrected chi connectivity index (χ4v) is 2.43. The topological polar surface area (TPSA) is 29.0 Å². The Morgan fingerprint density at radius 1 is 1.19 bits per heavy atom. The molecule has 2 rings (SSSR count). The van der Waals surface area contributed by atoms with Gasteiger partial charge in [-0.25, -0.2) is 9.97 Å². The van der Waals surface area contributed by atoms with Crippen LogP contribution in [-0.4, -0.2) is 16.5 Å². The summed E-state index contributed by atoms with van der Waals surface area (Å²) in [4.78, 5) is 11.4. The lowest BCUT2D eigenvalue weighted by Crippen LogP contribution is -2.24. The van der Waals surface area contributed by atoms with Crippen molar-refractivity contribution >= 4 is 17.3 Å². The molecule has 0 saturated carbocycles. The molecule has 0 atom stereocenters. The predicted octanol–water partition coefficient (Wildman–Crippen LogP) is 4.37. The monoisotopic (exact) mass is 303 g/mol. The number of alkyl halides is 1. The second-order valence-electron chi connectivity index (χ2n) is 5.35. The number of rotatable bonds is 6. The van der Waals surface area contributed by atoms with Gasteiger partial charge in [-0.3, -0.25) is 0 Å². The summed E-state index contributed by atoms with van der Waals surface area (Å²) in [5.41, 5.74) is 3.21. The van der Waals surface area contributed by atoms with Gasteiger partial charge in [0.05, 0.1) is 23.5 Å². The zero-order valence-corrected chi connectivity index (χ0v) is 13.6. The van der Waals surface area contributed by atoms with Crippen molar-refractivity contribution in [3.8, 4) is 0 Å². The number of benzene rings is 1. The maximum Gasteiger partial charge on any atom is 0.131 e. The molecule has 0 aliphatic rings. The first-order valence-corrected chi connectivity index (χ1v) is 7.89. The maximum atomic E-state index is 6.10. The Balaban J connectivity index is 2.29. The zero-order chi connectivity index (χ0) is 15.2. The number of nitrogens with zero attached hydrogens (tertiary/aromatic N) is 3. The van der Waals surface area contributed by atoms with Gasteiger partial charge in [0.15, 0.2) is 0 Å². The van der Waals surface area contributed by atoms with E-state index in [1.54, 1.807) is 0 Å². The van der Waals surface area contributed by atoms with Gasteiger partial charge in [-0.1, -0.05) is 44.2 Å². The van der Waals surface area contributed by atoms with Crippen molar-refractivity contribution in [1.29, 1.82) is 0 Å². The Hall–Kier alpha value is -1.61. The summed E-state index contributed by atoms with van der Waals surface area (Å²) >= 11 is 6.10. The Kier molecular flexibility index (Phi) is 5.57. The number of hydrogen-bond acceptors (Lipinski definition) is 3. The van der Waals surface area contributed by atoms with Crippen molar-refractivity contribution < 1.29 is 0 Å². The molecule has 3 nitrogen and oxygen atoms in total. The molecule has 0 aliphatic carbocycles. The highest BCUT2D eigenvalue weighted by Gasteiger charge is 2.14. The van der Waals surface area contributed by atoms with Crippen LogP contribution in [-0.2, 0) is 12.4 Å². The van der Waals surface area contributed by atoms with E-state index in [2.05, 4.69) is 59.9 Å². The highest BCUT2D eigenvalue weighted by molar-refractivity contribution is 6.17. The highest BCUT2D eigenvalue weighted by atomic mass is 35.5. The third-order valence-corrected chi connectivity index (χ3v) is 3.70. The van der Waals surface area contributed by atoms with Crippen LogP contribution < -0.4 is 4.90 Å². The van der Waals surface area contributed by atoms with Crippen LogP contribution in [0.25, 0.3) is 0 Å². The minimum atomic E-state index is 0.310. The van der Waals surface area contributed by atoms with Crippen LogP contribution in [0.4, 0.5) is 5.69 Å². The van der Waals surface area contributed by atoms with Gasteiger partial charge in [0, 0.05) is 19.0 Å². The predicted molar refractivity (Wildman–Crippen MR) is 88.8 cm³/mol. The second kappa shape index (κ2) is 7.41. The molecule has 4 heteroatoms. The quantitative estimate of drug-likeness (QED) is 0.742. The van der Waals surface area contributed by atoms with Crippen LogP contribution in [0.1, 0.15) is 43.8 Å². The smallest absolute Gasteiger partial charge is 0.131 e. The van der Waals surface area contributed by atoms with E-state index in [-0.39, 0.29) is 0 Å². The van der Waals surface area contributed by atoms with Gasteiger partial charge >= 0.3 is 0 Å². The molecular formula is C17H22ClN3. The highest BCUT2D eigenvalue weighted by Crippen LogP contribution is 2.23. The Bertz CT molecular complexity index is 570. The first-order chi connectivity index (χ1) is 10.2. The number of hydrogen-bond donors (Lipinski definition) is 0. The van der Waals surface area contributed by atoms with Gasteiger partial charge in [0.25, 0.3) is 0 Å². The third-order valence-electron chi connectivity index (χ3n) is 3.45. The third kappa shape index (κ3) is 3.94. The molecular weight excluding hydrogens is 282 g/mol. The van der Waals surface area contributed by atoms with E-state index >= 15 is 0 Å². The summed E-state index contributed by atoms with van der Waals surface area (Å²) in [5.74, 6) is 1.57. The van der Waals surface area contributed by atoms with E-state index < -0.39 is 0 Å². The van der Waals surface area contributed by atoms with E-state index in [0.29, 0.717) is 11.8 Å². The van der Waals surface area contributed by atoms with E-state index in [4.69, 9.17) is 11.6 Å². The molecule has 21 heavy (non-hydrogen) atoms. The van der Waals surface area contributed by atoms with Crippen LogP contribution >= 0.6 is 11.6 Å². The standard InChI is InChI=1S/C17H22ClN3/c1-4-21(12-14-8-6-5-7-9-14)16-11-19-17(13(2)3)20-15(16)10-18/h5-9,11,13H,4,10,12H2,1-3H3. The van der Waals surface area contributed by atoms with Crippen LogP contribution in [0, 0.1) is 0 Å². The molecule has 1 aromatic heterocycles. The molecule has 1 aromatic carbocycles. The van der Waals surface area contributed by atoms with Crippen molar-refractivity contribution in [1.82, 2.24) is 9.97 Å². The number of anilines is 1. The van der Waals surface area contributed by atoms with Crippen LogP contribution in [0.15, 0.2) is 36.5 Å². The molecule has 0 radical (unpaired) electrons. The molecule has 0 unspecified atom stereocenters. The van der Waals surface area contributed by atoms with Gasteiger partial charge in [-0.2, -0.15) is 0 Å². The lowest BCUT2D eigenvalue weighted by atomic mass is 10.2. The summed E-state index contributed by atoms with van der Waals surface area (Å²) in [6.07, 6.45) is 1.91. The second-order valence-corrected chi connectivity index (χ2v) is 5.62. The SMILES string of the molecule is CCN(Cc1ccccc1)c1cnc(C(C)C)nc1CCl. The molecule has 0 aliphatic heterocycles. The normalized spacial score (nSPS) is 10.9. The summed E-state index contributed by atoms with van der Waals surface area (Å²) in [6.45, 7) is 8.05. The van der Waals surface area contributed by atoms with E-state index in [1.165, 1.54) is 5.56 Å². The van der Waals surface area contributed by atoms with Gasteiger partial charge in [-0.15, -0.1) is 11.6 Å². The minimum Gasteiger partial charge on any atom is -0.365 e. The minimum absolute atomic E-state index is 0.310. The molecule has 112 valence electrons. The fourth-order valence-electron chi connectivity index (χ4n) is 2.24. The molecule has 0 amide bonds. The summed E-state index contributed by atoms with van der Waals surface area (Å²) in [6, 6.07) is 10.4. The van der Waals surface area contributed by atoms with Gasteiger partial charge in [0.1, 0.15) is 5.82 Å². The van der Waals surface area contributed by atoms with E-state index in [1.807, 2.05) is 12.3 Å². The van der Waals surface area contributed by atoms with Crippen molar-refractivity contribution in [3.63, 3.8) is 0 Å². The van der Waals surface area contributed by atoms with Crippen molar-refractivity contribution in [2.75, 3.05) is 11.4 Å². The Morgan fingerprint density at radius 2 is 1.90 bits per heavy atom. The first kappa shape index (κ1) is 15.8. The summed E-state index contributed by atoms with van der Waals surface area (Å²) < 4.78 is 0. The summed E-state index contributed by atoms with van der Waals surface area (Å²) in [7, 11) is 0. The number of aromatic nitrogens is 2. The zero-order valence-electron chi connectivity index (χ0n) is 12.9. The van der Waals surface area contributed by atoms with Crippen LogP contribution in [0.3, 0.4) is 0 Å². The molecule has 0 bridgehead atoms. The lowest BCUT2D eigenvalue weighted by molar-refractivity contribution is 0.750. The first-order valence-electron chi connectivity index (χ1n) is 7.36. The van der Waals surface area contributed by atoms with Crippen LogP contribution in [0.5, 0.6) is 0 Å². The van der Waals surface area contributed by atoms with Gasteiger partial charge in [-0.05, 0) is 12.5 Å². The molecule has 0 N–H and O–H groups in total. The molecule has 0 saturated heterocycles. The van der Waals surface area contributed by atoms with Gasteiger partial charge < -0.3 is 4.90 Å². The van der Waals surface area contributed by atoms with E-state index in [9.17, 15) is 0 Å². The fraction of sp³-hybridized carbons (Fsp3) is 0.412. The lowest BCUT2D eigenvalue weighted by Gasteiger charge is -2.25. The summed E-state index contributed by atoms with van der Waals surface area (Å²) in [5, 5.41) is 0. The van der Waals surface area contributed by atoms with Crippen molar-refractivity contribution in [2.45, 2.75) is 39.1 Å². The number of halogens is 1. The Labute approximate surface area is 132 Å². The average molecular weight is 304 g/mol. The molecule has 1 heterocycles. The molecule has 0 spiro atoms.